The lowest BCUT2D eigenvalue weighted by Crippen LogP contribution is -2.47. The molecule has 0 saturated carbocycles. The number of oxazole rings is 1. The first kappa shape index (κ1) is 20.2. The summed E-state index contributed by atoms with van der Waals surface area (Å²) in [6, 6.07) is 13.9. The van der Waals surface area contributed by atoms with Crippen LogP contribution in [0.15, 0.2) is 57.7 Å². The van der Waals surface area contributed by atoms with E-state index in [2.05, 4.69) is 15.1 Å². The summed E-state index contributed by atoms with van der Waals surface area (Å²) in [5.41, 5.74) is 1.75. The second-order valence-electron chi connectivity index (χ2n) is 7.41. The fraction of sp³-hybridized carbons (Fsp3) is 0.364. The van der Waals surface area contributed by atoms with Crippen LogP contribution in [-0.4, -0.2) is 54.6 Å². The van der Waals surface area contributed by atoms with E-state index in [1.165, 1.54) is 10.6 Å². The number of halogens is 1. The van der Waals surface area contributed by atoms with Gasteiger partial charge >= 0.3 is 5.76 Å². The Bertz CT molecular complexity index is 1070. The molecular formula is C22H25FN4O3. The first-order chi connectivity index (χ1) is 14.6. The van der Waals surface area contributed by atoms with Crippen molar-refractivity contribution in [3.63, 3.8) is 0 Å². The number of hydrogen-bond acceptors (Lipinski definition) is 5. The summed E-state index contributed by atoms with van der Waals surface area (Å²) in [7, 11) is 0. The van der Waals surface area contributed by atoms with E-state index in [0.29, 0.717) is 23.3 Å². The number of fused-ring (bicyclic) bond motifs is 1. The van der Waals surface area contributed by atoms with E-state index in [4.69, 9.17) is 4.42 Å². The van der Waals surface area contributed by atoms with Crippen molar-refractivity contribution in [2.45, 2.75) is 13.0 Å². The van der Waals surface area contributed by atoms with Crippen molar-refractivity contribution in [2.24, 2.45) is 0 Å². The molecule has 0 spiro atoms. The molecule has 30 heavy (non-hydrogen) atoms. The van der Waals surface area contributed by atoms with Crippen molar-refractivity contribution in [3.05, 3.63) is 64.9 Å². The number of nitrogens with zero attached hydrogens (tertiary/aromatic N) is 3. The maximum atomic E-state index is 13.9. The van der Waals surface area contributed by atoms with Crippen LogP contribution in [0.4, 0.5) is 10.1 Å². The Morgan fingerprint density at radius 2 is 1.77 bits per heavy atom. The molecule has 0 bridgehead atoms. The molecule has 0 radical (unpaired) electrons. The fourth-order valence-corrected chi connectivity index (χ4v) is 3.81. The van der Waals surface area contributed by atoms with Gasteiger partial charge in [-0.05, 0) is 37.2 Å². The van der Waals surface area contributed by atoms with E-state index in [1.807, 2.05) is 12.1 Å². The molecule has 0 unspecified atom stereocenters. The predicted molar refractivity (Wildman–Crippen MR) is 113 cm³/mol. The molecule has 4 rings (SSSR count). The van der Waals surface area contributed by atoms with Crippen molar-refractivity contribution in [1.29, 1.82) is 0 Å². The minimum absolute atomic E-state index is 0.0584. The van der Waals surface area contributed by atoms with Gasteiger partial charge in [-0.1, -0.05) is 24.3 Å². The number of nitrogens with one attached hydrogen (secondary N) is 1. The topological polar surface area (TPSA) is 70.7 Å². The van der Waals surface area contributed by atoms with E-state index >= 15 is 0 Å². The largest absolute Gasteiger partial charge is 0.420 e. The van der Waals surface area contributed by atoms with Crippen molar-refractivity contribution in [1.82, 2.24) is 14.8 Å². The molecule has 3 aromatic rings. The number of anilines is 1. The highest BCUT2D eigenvalue weighted by atomic mass is 19.1. The summed E-state index contributed by atoms with van der Waals surface area (Å²) in [6.45, 7) is 4.62. The molecule has 1 aliphatic heterocycles. The van der Waals surface area contributed by atoms with Gasteiger partial charge in [-0.15, -0.1) is 0 Å². The van der Waals surface area contributed by atoms with Crippen molar-refractivity contribution in [2.75, 3.05) is 44.2 Å². The van der Waals surface area contributed by atoms with E-state index in [-0.39, 0.29) is 18.3 Å². The van der Waals surface area contributed by atoms with Gasteiger partial charge in [0.1, 0.15) is 12.4 Å². The van der Waals surface area contributed by atoms with E-state index < -0.39 is 5.76 Å². The average Bonchev–Trinajstić information content (AvgIpc) is 3.07. The fourth-order valence-electron chi connectivity index (χ4n) is 3.81. The van der Waals surface area contributed by atoms with E-state index in [9.17, 15) is 14.0 Å². The van der Waals surface area contributed by atoms with Gasteiger partial charge in [-0.3, -0.25) is 14.3 Å². The van der Waals surface area contributed by atoms with Crippen molar-refractivity contribution in [3.8, 4) is 0 Å². The normalized spacial score (nSPS) is 14.9. The number of amides is 1. The zero-order valence-corrected chi connectivity index (χ0v) is 16.7. The van der Waals surface area contributed by atoms with Gasteiger partial charge in [0.15, 0.2) is 5.58 Å². The Balaban J connectivity index is 1.19. The number of piperazine rings is 1. The van der Waals surface area contributed by atoms with Crippen LogP contribution >= 0.6 is 0 Å². The van der Waals surface area contributed by atoms with Crippen LogP contribution in [0.25, 0.3) is 11.1 Å². The second kappa shape index (κ2) is 9.13. The number of benzene rings is 2. The Labute approximate surface area is 173 Å². The molecule has 0 atom stereocenters. The minimum Gasteiger partial charge on any atom is -0.408 e. The number of carbonyl (C=O) groups is 1. The second-order valence-corrected chi connectivity index (χ2v) is 7.41. The standard InChI is InChI=1S/C22H25FN4O3/c23-17-6-1-2-7-18(17)26-14-12-25(13-15-26)11-5-10-24-21(28)16-27-19-8-3-4-9-20(19)30-22(27)29/h1-4,6-9H,5,10-16H2,(H,24,28). The predicted octanol–water partition coefficient (Wildman–Crippen LogP) is 2.06. The molecule has 1 aromatic heterocycles. The number of rotatable bonds is 7. The Morgan fingerprint density at radius 3 is 2.57 bits per heavy atom. The van der Waals surface area contributed by atoms with E-state index in [0.717, 1.165) is 39.1 Å². The third kappa shape index (κ3) is 4.54. The minimum atomic E-state index is -0.529. The molecule has 2 aromatic carbocycles. The lowest BCUT2D eigenvalue weighted by molar-refractivity contribution is -0.121. The highest BCUT2D eigenvalue weighted by Crippen LogP contribution is 2.20. The maximum absolute atomic E-state index is 13.9. The molecule has 1 amide bonds. The quantitative estimate of drug-likeness (QED) is 0.602. The summed E-state index contributed by atoms with van der Waals surface area (Å²) in [6.07, 6.45) is 0.812. The van der Waals surface area contributed by atoms with Crippen LogP contribution < -0.4 is 16.0 Å². The number of carbonyl (C=O) groups excluding carboxylic acids is 1. The summed E-state index contributed by atoms with van der Waals surface area (Å²) >= 11 is 0. The highest BCUT2D eigenvalue weighted by Gasteiger charge is 2.19. The zero-order chi connectivity index (χ0) is 20.9. The third-order valence-corrected chi connectivity index (χ3v) is 5.41. The molecule has 2 heterocycles. The molecule has 7 nitrogen and oxygen atoms in total. The number of para-hydroxylation sites is 3. The zero-order valence-electron chi connectivity index (χ0n) is 16.7. The number of hydrogen-bond donors (Lipinski definition) is 1. The first-order valence-corrected chi connectivity index (χ1v) is 10.2. The Kier molecular flexibility index (Phi) is 6.13. The third-order valence-electron chi connectivity index (χ3n) is 5.41. The first-order valence-electron chi connectivity index (χ1n) is 10.2. The molecule has 8 heteroatoms. The molecule has 1 N–H and O–H groups in total. The van der Waals surface area contributed by atoms with Crippen LogP contribution in [-0.2, 0) is 11.3 Å². The molecule has 0 aliphatic carbocycles. The summed E-state index contributed by atoms with van der Waals surface area (Å²) in [4.78, 5) is 28.6. The maximum Gasteiger partial charge on any atom is 0.420 e. The Hall–Kier alpha value is -3.13. The van der Waals surface area contributed by atoms with Crippen molar-refractivity contribution >= 4 is 22.7 Å². The molecular weight excluding hydrogens is 387 g/mol. The average molecular weight is 412 g/mol. The van der Waals surface area contributed by atoms with Crippen LogP contribution in [0, 0.1) is 5.82 Å². The smallest absolute Gasteiger partial charge is 0.408 e. The van der Waals surface area contributed by atoms with E-state index in [1.54, 1.807) is 30.3 Å². The van der Waals surface area contributed by atoms with Gasteiger partial charge in [-0.25, -0.2) is 9.18 Å². The summed E-state index contributed by atoms with van der Waals surface area (Å²) in [5.74, 6) is -0.926. The van der Waals surface area contributed by atoms with Crippen LogP contribution in [0.3, 0.4) is 0 Å². The summed E-state index contributed by atoms with van der Waals surface area (Å²) in [5, 5.41) is 2.87. The van der Waals surface area contributed by atoms with Crippen LogP contribution in [0.1, 0.15) is 6.42 Å². The number of aromatic nitrogens is 1. The van der Waals surface area contributed by atoms with Crippen LogP contribution in [0.2, 0.25) is 0 Å². The van der Waals surface area contributed by atoms with Gasteiger partial charge in [0.25, 0.3) is 0 Å². The van der Waals surface area contributed by atoms with Gasteiger partial charge in [0, 0.05) is 32.7 Å². The molecule has 1 fully saturated rings. The van der Waals surface area contributed by atoms with Gasteiger partial charge < -0.3 is 14.6 Å². The molecule has 1 saturated heterocycles. The monoisotopic (exact) mass is 412 g/mol. The SMILES string of the molecule is O=C(Cn1c(=O)oc2ccccc21)NCCCN1CCN(c2ccccc2F)CC1. The van der Waals surface area contributed by atoms with Gasteiger partial charge in [0.05, 0.1) is 11.2 Å². The Morgan fingerprint density at radius 1 is 1.03 bits per heavy atom. The lowest BCUT2D eigenvalue weighted by atomic mass is 10.2. The van der Waals surface area contributed by atoms with Gasteiger partial charge in [-0.2, -0.15) is 0 Å². The molecule has 158 valence electrons. The summed E-state index contributed by atoms with van der Waals surface area (Å²) < 4.78 is 20.4. The van der Waals surface area contributed by atoms with Crippen LogP contribution in [0.5, 0.6) is 0 Å². The molecule has 1 aliphatic rings. The van der Waals surface area contributed by atoms with Gasteiger partial charge in [0.2, 0.25) is 5.91 Å². The lowest BCUT2D eigenvalue weighted by Gasteiger charge is -2.36. The van der Waals surface area contributed by atoms with Crippen molar-refractivity contribution < 1.29 is 13.6 Å². The highest BCUT2D eigenvalue weighted by molar-refractivity contribution is 5.79.